The Labute approximate surface area is 213 Å². The largest absolute Gasteiger partial charge is 0.417 e. The Kier molecular flexibility index (Phi) is 6.58. The van der Waals surface area contributed by atoms with E-state index in [2.05, 4.69) is 10.3 Å². The van der Waals surface area contributed by atoms with E-state index in [1.165, 1.54) is 16.3 Å². The van der Waals surface area contributed by atoms with Gasteiger partial charge in [0, 0.05) is 64.1 Å². The second-order valence-corrected chi connectivity index (χ2v) is 11.4. The second kappa shape index (κ2) is 9.26. The van der Waals surface area contributed by atoms with E-state index in [0.29, 0.717) is 50.4 Å². The number of thiophene rings is 1. The van der Waals surface area contributed by atoms with E-state index < -0.39 is 17.4 Å². The zero-order valence-electron chi connectivity index (χ0n) is 19.3. The quantitative estimate of drug-likeness (QED) is 0.482. The Morgan fingerprint density at radius 2 is 1.97 bits per heavy atom. The van der Waals surface area contributed by atoms with Crippen LogP contribution in [-0.4, -0.2) is 54.2 Å². The predicted octanol–water partition coefficient (Wildman–Crippen LogP) is 5.28. The van der Waals surface area contributed by atoms with Crippen LogP contribution in [0.4, 0.5) is 19.0 Å². The Morgan fingerprint density at radius 1 is 1.26 bits per heavy atom. The van der Waals surface area contributed by atoms with Gasteiger partial charge in [0.15, 0.2) is 0 Å². The molecular formula is C23H24ClF3N4O2S2. The van der Waals surface area contributed by atoms with Crippen molar-refractivity contribution in [2.75, 3.05) is 37.5 Å². The highest BCUT2D eigenvalue weighted by molar-refractivity contribution is 7.99. The van der Waals surface area contributed by atoms with Gasteiger partial charge in [0.2, 0.25) is 0 Å². The van der Waals surface area contributed by atoms with Crippen molar-refractivity contribution in [1.82, 2.24) is 14.9 Å². The minimum atomic E-state index is -4.61. The van der Waals surface area contributed by atoms with E-state index in [0.717, 1.165) is 17.4 Å². The van der Waals surface area contributed by atoms with Crippen molar-refractivity contribution in [2.24, 2.45) is 0 Å². The lowest BCUT2D eigenvalue weighted by Crippen LogP contribution is -2.55. The number of methoxy groups -OCH3 is 1. The molecule has 6 nitrogen and oxygen atoms in total. The Balaban J connectivity index is 1.88. The number of piperazine rings is 1. The van der Waals surface area contributed by atoms with Gasteiger partial charge in [-0.05, 0) is 26.0 Å². The lowest BCUT2D eigenvalue weighted by Gasteiger charge is -2.38. The summed E-state index contributed by atoms with van der Waals surface area (Å²) >= 11 is 8.59. The molecule has 0 bridgehead atoms. The highest BCUT2D eigenvalue weighted by Crippen LogP contribution is 2.51. The van der Waals surface area contributed by atoms with Crippen molar-refractivity contribution in [3.63, 3.8) is 0 Å². The van der Waals surface area contributed by atoms with E-state index in [1.807, 2.05) is 18.7 Å². The molecule has 0 amide bonds. The Hall–Kier alpha value is -1.79. The SMILES string of the molecule is COC[C@H]1CSc2c(-c3cc(Cl)cs3)c(C(F)(F)F)cc3c(N4C[C@@H](C)N[C@@H](C)C4)nc(=O)n1c23. The van der Waals surface area contributed by atoms with Gasteiger partial charge >= 0.3 is 11.9 Å². The van der Waals surface area contributed by atoms with Crippen LogP contribution >= 0.6 is 34.7 Å². The van der Waals surface area contributed by atoms with Crippen LogP contribution in [0.3, 0.4) is 0 Å². The third-order valence-electron chi connectivity index (χ3n) is 6.27. The number of aromatic nitrogens is 2. The summed E-state index contributed by atoms with van der Waals surface area (Å²) in [4.78, 5) is 20.5. The summed E-state index contributed by atoms with van der Waals surface area (Å²) in [5.74, 6) is 0.689. The number of anilines is 1. The van der Waals surface area contributed by atoms with Crippen molar-refractivity contribution < 1.29 is 17.9 Å². The first kappa shape index (κ1) is 24.9. The molecular weight excluding hydrogens is 521 g/mol. The number of thioether (sulfide) groups is 1. The third kappa shape index (κ3) is 4.46. The lowest BCUT2D eigenvalue weighted by molar-refractivity contribution is -0.137. The Bertz CT molecular complexity index is 1330. The fourth-order valence-electron chi connectivity index (χ4n) is 5.06. The van der Waals surface area contributed by atoms with Crippen molar-refractivity contribution in [2.45, 2.75) is 43.0 Å². The molecule has 12 heteroatoms. The molecule has 0 aliphatic carbocycles. The number of halogens is 4. The second-order valence-electron chi connectivity index (χ2n) is 9.03. The van der Waals surface area contributed by atoms with Gasteiger partial charge in [-0.1, -0.05) is 11.6 Å². The van der Waals surface area contributed by atoms with Gasteiger partial charge in [0.25, 0.3) is 0 Å². The fourth-order valence-corrected chi connectivity index (χ4v) is 7.58. The van der Waals surface area contributed by atoms with Crippen LogP contribution < -0.4 is 15.9 Å². The molecule has 2 aliphatic rings. The average molecular weight is 545 g/mol. The molecule has 35 heavy (non-hydrogen) atoms. The van der Waals surface area contributed by atoms with Crippen LogP contribution in [-0.2, 0) is 10.9 Å². The van der Waals surface area contributed by atoms with Gasteiger partial charge in [-0.2, -0.15) is 18.2 Å². The number of ether oxygens (including phenoxy) is 1. The van der Waals surface area contributed by atoms with Gasteiger partial charge < -0.3 is 15.0 Å². The molecule has 1 N–H and O–H groups in total. The molecule has 2 aromatic heterocycles. The maximum Gasteiger partial charge on any atom is 0.417 e. The third-order valence-corrected chi connectivity index (χ3v) is 8.80. The van der Waals surface area contributed by atoms with Crippen LogP contribution in [0.1, 0.15) is 25.5 Å². The maximum atomic E-state index is 14.5. The summed E-state index contributed by atoms with van der Waals surface area (Å²) in [5.41, 5.74) is -0.690. The summed E-state index contributed by atoms with van der Waals surface area (Å²) in [6.07, 6.45) is -4.61. The molecule has 0 spiro atoms. The minimum absolute atomic E-state index is 0.0649. The molecule has 5 rings (SSSR count). The summed E-state index contributed by atoms with van der Waals surface area (Å²) in [6, 6.07) is 2.55. The smallest absolute Gasteiger partial charge is 0.383 e. The van der Waals surface area contributed by atoms with Crippen LogP contribution in [0.25, 0.3) is 21.3 Å². The molecule has 2 aliphatic heterocycles. The summed E-state index contributed by atoms with van der Waals surface area (Å²) in [6.45, 7) is 5.33. The predicted molar refractivity (Wildman–Crippen MR) is 135 cm³/mol. The Morgan fingerprint density at radius 3 is 2.57 bits per heavy atom. The normalized spacial score (nSPS) is 22.7. The summed E-state index contributed by atoms with van der Waals surface area (Å²) in [5, 5.41) is 5.73. The first-order chi connectivity index (χ1) is 16.6. The maximum absolute atomic E-state index is 14.5. The highest BCUT2D eigenvalue weighted by Gasteiger charge is 2.40. The number of nitrogens with zero attached hydrogens (tertiary/aromatic N) is 3. The molecule has 3 aromatic rings. The van der Waals surface area contributed by atoms with E-state index in [-0.39, 0.29) is 30.3 Å². The number of hydrogen-bond acceptors (Lipinski definition) is 7. The number of rotatable bonds is 4. The van der Waals surface area contributed by atoms with Crippen molar-refractivity contribution in [1.29, 1.82) is 0 Å². The van der Waals surface area contributed by atoms with Gasteiger partial charge in [0.1, 0.15) is 5.82 Å². The zero-order valence-corrected chi connectivity index (χ0v) is 21.7. The summed E-state index contributed by atoms with van der Waals surface area (Å²) in [7, 11) is 1.54. The molecule has 4 heterocycles. The monoisotopic (exact) mass is 544 g/mol. The fraction of sp³-hybridized carbons (Fsp3) is 0.478. The van der Waals surface area contributed by atoms with Crippen LogP contribution in [0.5, 0.6) is 0 Å². The van der Waals surface area contributed by atoms with Crippen molar-refractivity contribution in [3.05, 3.63) is 38.6 Å². The number of nitrogens with one attached hydrogen (secondary N) is 1. The van der Waals surface area contributed by atoms with Crippen molar-refractivity contribution >= 4 is 51.4 Å². The lowest BCUT2D eigenvalue weighted by atomic mass is 10.00. The molecule has 188 valence electrons. The standard InChI is InChI=1S/C23H24ClF3N4O2S2/c1-11-6-30(7-12(2)28-11)21-15-5-16(23(25,26)27)18(17-4-13(24)9-34-17)20-19(15)31(22(32)29-21)14(8-33-3)10-35-20/h4-5,9,11-12,14,28H,6-8,10H2,1-3H3/t11-,12+,14-/m0/s1. The summed E-state index contributed by atoms with van der Waals surface area (Å²) < 4.78 is 50.4. The molecule has 0 unspecified atom stereocenters. The van der Waals surface area contributed by atoms with E-state index in [4.69, 9.17) is 16.3 Å². The molecule has 3 atom stereocenters. The van der Waals surface area contributed by atoms with Gasteiger partial charge in [-0.25, -0.2) is 4.79 Å². The van der Waals surface area contributed by atoms with E-state index in [9.17, 15) is 18.0 Å². The van der Waals surface area contributed by atoms with Gasteiger partial charge in [-0.3, -0.25) is 4.57 Å². The number of hydrogen-bond donors (Lipinski definition) is 1. The molecule has 0 radical (unpaired) electrons. The number of benzene rings is 1. The van der Waals surface area contributed by atoms with Gasteiger partial charge in [0.05, 0.1) is 28.8 Å². The van der Waals surface area contributed by atoms with Crippen LogP contribution in [0.15, 0.2) is 27.2 Å². The molecule has 1 fully saturated rings. The van der Waals surface area contributed by atoms with Crippen LogP contribution in [0.2, 0.25) is 5.02 Å². The molecule has 1 saturated heterocycles. The van der Waals surface area contributed by atoms with Gasteiger partial charge in [-0.15, -0.1) is 23.1 Å². The first-order valence-corrected chi connectivity index (χ1v) is 13.4. The van der Waals surface area contributed by atoms with E-state index >= 15 is 0 Å². The molecule has 1 aromatic carbocycles. The number of alkyl halides is 3. The van der Waals surface area contributed by atoms with E-state index in [1.54, 1.807) is 18.6 Å². The van der Waals surface area contributed by atoms with Crippen LogP contribution in [0, 0.1) is 0 Å². The molecule has 0 saturated carbocycles. The van der Waals surface area contributed by atoms with Crippen molar-refractivity contribution in [3.8, 4) is 10.4 Å². The average Bonchev–Trinajstić information content (AvgIpc) is 3.20. The zero-order chi connectivity index (χ0) is 25.1. The topological polar surface area (TPSA) is 59.4 Å². The first-order valence-electron chi connectivity index (χ1n) is 11.2. The minimum Gasteiger partial charge on any atom is -0.383 e. The highest BCUT2D eigenvalue weighted by atomic mass is 35.5.